The van der Waals surface area contributed by atoms with E-state index in [2.05, 4.69) is 51.3 Å². The van der Waals surface area contributed by atoms with Crippen LogP contribution in [-0.2, 0) is 4.74 Å². The van der Waals surface area contributed by atoms with Gasteiger partial charge in [-0.3, -0.25) is 9.98 Å². The van der Waals surface area contributed by atoms with Gasteiger partial charge in [0.15, 0.2) is 0 Å². The van der Waals surface area contributed by atoms with E-state index in [0.717, 1.165) is 45.3 Å². The van der Waals surface area contributed by atoms with E-state index in [1.165, 1.54) is 30.9 Å². The summed E-state index contributed by atoms with van der Waals surface area (Å²) in [5.41, 5.74) is 0.0151. The van der Waals surface area contributed by atoms with Gasteiger partial charge in [-0.05, 0) is 66.7 Å². The highest BCUT2D eigenvalue weighted by molar-refractivity contribution is 5.80. The average Bonchev–Trinajstić information content (AvgIpc) is 2.54. The van der Waals surface area contributed by atoms with Gasteiger partial charge in [-0.2, -0.15) is 0 Å². The van der Waals surface area contributed by atoms with E-state index in [0.29, 0.717) is 6.04 Å². The van der Waals surface area contributed by atoms with Crippen LogP contribution in [0.5, 0.6) is 0 Å². The van der Waals surface area contributed by atoms with Gasteiger partial charge in [0.05, 0.1) is 30.4 Å². The summed E-state index contributed by atoms with van der Waals surface area (Å²) >= 11 is 0. The predicted molar refractivity (Wildman–Crippen MR) is 107 cm³/mol. The molecular weight excluding hydrogens is 312 g/mol. The normalized spacial score (nSPS) is 23.1. The fraction of sp³-hybridized carbons (Fsp3) is 0.900. The number of nitrogens with zero attached hydrogens (tertiary/aromatic N) is 4. The molecule has 0 radical (unpaired) electrons. The van der Waals surface area contributed by atoms with Crippen LogP contribution >= 0.6 is 0 Å². The first-order chi connectivity index (χ1) is 11.7. The number of piperidine rings is 1. The summed E-state index contributed by atoms with van der Waals surface area (Å²) in [6, 6.07) is 0.406. The number of hydrogen-bond acceptors (Lipinski definition) is 3. The van der Waals surface area contributed by atoms with Gasteiger partial charge in [-0.25, -0.2) is 0 Å². The van der Waals surface area contributed by atoms with Crippen molar-refractivity contribution in [2.45, 2.75) is 72.4 Å². The first-order valence-electron chi connectivity index (χ1n) is 9.93. The van der Waals surface area contributed by atoms with Crippen molar-refractivity contribution in [1.29, 1.82) is 0 Å². The highest BCUT2D eigenvalue weighted by Gasteiger charge is 2.23. The highest BCUT2D eigenvalue weighted by Crippen LogP contribution is 2.24. The van der Waals surface area contributed by atoms with Gasteiger partial charge in [-0.15, -0.1) is 0 Å². The Labute approximate surface area is 154 Å². The minimum absolute atomic E-state index is 0.0151. The third-order valence-electron chi connectivity index (χ3n) is 5.12. The molecule has 2 aliphatic heterocycles. The second kappa shape index (κ2) is 9.02. The first kappa shape index (κ1) is 20.2. The van der Waals surface area contributed by atoms with E-state index < -0.39 is 0 Å². The lowest BCUT2D eigenvalue weighted by Crippen LogP contribution is -2.40. The van der Waals surface area contributed by atoms with Gasteiger partial charge in [0.25, 0.3) is 0 Å². The Balaban J connectivity index is 1.78. The maximum absolute atomic E-state index is 5.42. The van der Waals surface area contributed by atoms with E-state index in [-0.39, 0.29) is 5.54 Å². The molecule has 25 heavy (non-hydrogen) atoms. The van der Waals surface area contributed by atoms with Crippen LogP contribution in [0.25, 0.3) is 0 Å². The molecule has 2 saturated heterocycles. The third-order valence-corrected chi connectivity index (χ3v) is 5.12. The van der Waals surface area contributed by atoms with Gasteiger partial charge in [-0.1, -0.05) is 0 Å². The van der Waals surface area contributed by atoms with Crippen LogP contribution in [0.3, 0.4) is 0 Å². The lowest BCUT2D eigenvalue weighted by Gasteiger charge is -2.35. The van der Waals surface area contributed by atoms with Crippen LogP contribution < -0.4 is 0 Å². The molecule has 5 heteroatoms. The van der Waals surface area contributed by atoms with Gasteiger partial charge >= 0.3 is 0 Å². The molecule has 2 heterocycles. The maximum atomic E-state index is 5.42. The quantitative estimate of drug-likeness (QED) is 0.578. The van der Waals surface area contributed by atoms with E-state index in [4.69, 9.17) is 14.7 Å². The van der Waals surface area contributed by atoms with Crippen molar-refractivity contribution in [3.63, 3.8) is 0 Å². The van der Waals surface area contributed by atoms with Gasteiger partial charge in [0.2, 0.25) is 0 Å². The molecule has 1 atom stereocenters. The summed E-state index contributed by atoms with van der Waals surface area (Å²) in [6.07, 6.45) is 3.71. The molecule has 2 aliphatic rings. The van der Waals surface area contributed by atoms with Crippen LogP contribution in [-0.4, -0.2) is 72.4 Å². The smallest absolute Gasteiger partial charge is 0.0964 e. The number of rotatable bonds is 3. The van der Waals surface area contributed by atoms with Crippen molar-refractivity contribution < 1.29 is 4.74 Å². The summed E-state index contributed by atoms with van der Waals surface area (Å²) in [7, 11) is 0. The van der Waals surface area contributed by atoms with Crippen molar-refractivity contribution in [2.75, 3.05) is 39.4 Å². The minimum Gasteiger partial charge on any atom is -0.378 e. The van der Waals surface area contributed by atoms with Crippen LogP contribution in [0, 0.1) is 5.92 Å². The summed E-state index contributed by atoms with van der Waals surface area (Å²) in [5.74, 6) is 3.16. The van der Waals surface area contributed by atoms with E-state index >= 15 is 0 Å². The highest BCUT2D eigenvalue weighted by atomic mass is 16.5. The lowest BCUT2D eigenvalue weighted by molar-refractivity contribution is 0.0675. The molecule has 0 aromatic rings. The van der Waals surface area contributed by atoms with E-state index in [9.17, 15) is 0 Å². The van der Waals surface area contributed by atoms with Crippen LogP contribution in [0.15, 0.2) is 9.98 Å². The van der Waals surface area contributed by atoms with Crippen LogP contribution in [0.2, 0.25) is 0 Å². The molecule has 0 aromatic heterocycles. The Hall–Kier alpha value is -1.10. The number of hydrogen-bond donors (Lipinski definition) is 0. The molecule has 5 nitrogen and oxygen atoms in total. The Morgan fingerprint density at radius 3 is 2.12 bits per heavy atom. The van der Waals surface area contributed by atoms with Crippen molar-refractivity contribution in [1.82, 2.24) is 9.80 Å². The number of ether oxygens (including phenoxy) is 1. The second-order valence-electron chi connectivity index (χ2n) is 8.62. The third kappa shape index (κ3) is 6.96. The van der Waals surface area contributed by atoms with Gasteiger partial charge in [0.1, 0.15) is 0 Å². The average molecular weight is 351 g/mol. The van der Waals surface area contributed by atoms with Crippen molar-refractivity contribution in [3.05, 3.63) is 0 Å². The number of amidine groups is 2. The summed E-state index contributed by atoms with van der Waals surface area (Å²) in [6.45, 7) is 19.0. The molecule has 0 bridgehead atoms. The monoisotopic (exact) mass is 350 g/mol. The maximum Gasteiger partial charge on any atom is 0.0964 e. The molecule has 0 aromatic carbocycles. The first-order valence-corrected chi connectivity index (χ1v) is 9.93. The predicted octanol–water partition coefficient (Wildman–Crippen LogP) is 3.44. The van der Waals surface area contributed by atoms with E-state index in [1.54, 1.807) is 0 Å². The zero-order valence-electron chi connectivity index (χ0n) is 17.2. The zero-order valence-corrected chi connectivity index (χ0v) is 17.2. The summed E-state index contributed by atoms with van der Waals surface area (Å²) in [5, 5.41) is 0. The van der Waals surface area contributed by atoms with Gasteiger partial charge in [0, 0.05) is 32.2 Å². The zero-order chi connectivity index (χ0) is 18.4. The summed E-state index contributed by atoms with van der Waals surface area (Å²) in [4.78, 5) is 14.6. The Kier molecular flexibility index (Phi) is 7.29. The van der Waals surface area contributed by atoms with Crippen molar-refractivity contribution >= 4 is 11.7 Å². The van der Waals surface area contributed by atoms with E-state index in [1.807, 2.05) is 0 Å². The molecule has 2 rings (SSSR count). The van der Waals surface area contributed by atoms with Crippen LogP contribution in [0.4, 0.5) is 0 Å². The lowest BCUT2D eigenvalue weighted by atomic mass is 9.90. The van der Waals surface area contributed by atoms with Crippen molar-refractivity contribution in [2.24, 2.45) is 15.9 Å². The summed E-state index contributed by atoms with van der Waals surface area (Å²) < 4.78 is 5.42. The molecule has 144 valence electrons. The SMILES string of the molecule is CC(=NC(C)CC1CCN(C(C)=NC(C)(C)C)CC1)N1CCOCC1. The second-order valence-corrected chi connectivity index (χ2v) is 8.62. The number of aliphatic imine (C=N–C) groups is 2. The van der Waals surface area contributed by atoms with Crippen molar-refractivity contribution in [3.8, 4) is 0 Å². The minimum atomic E-state index is 0.0151. The molecule has 0 aliphatic carbocycles. The van der Waals surface area contributed by atoms with Crippen LogP contribution in [0.1, 0.15) is 60.8 Å². The molecule has 0 amide bonds. The number of morpholine rings is 1. The standard InChI is InChI=1S/C20H38N4O/c1-16(21-17(2)24-11-13-25-14-12-24)15-19-7-9-23(10-8-19)18(3)22-20(4,5)6/h16,19H,7-15H2,1-6H3. The molecular formula is C20H38N4O. The molecule has 0 saturated carbocycles. The van der Waals surface area contributed by atoms with Gasteiger partial charge < -0.3 is 14.5 Å². The topological polar surface area (TPSA) is 40.4 Å². The molecule has 2 fully saturated rings. The molecule has 0 N–H and O–H groups in total. The number of likely N-dealkylation sites (tertiary alicyclic amines) is 1. The fourth-order valence-corrected chi connectivity index (χ4v) is 3.87. The largest absolute Gasteiger partial charge is 0.378 e. The Morgan fingerprint density at radius 1 is 1.00 bits per heavy atom. The fourth-order valence-electron chi connectivity index (χ4n) is 3.87. The molecule has 1 unspecified atom stereocenters. The molecule has 0 spiro atoms. The Bertz CT molecular complexity index is 467. The Morgan fingerprint density at radius 2 is 1.56 bits per heavy atom.